The zero-order chi connectivity index (χ0) is 21.3. The van der Waals surface area contributed by atoms with Crippen molar-refractivity contribution >= 4 is 41.3 Å². The summed E-state index contributed by atoms with van der Waals surface area (Å²) in [4.78, 5) is 8.14. The van der Waals surface area contributed by atoms with Gasteiger partial charge in [0.05, 0.1) is 25.3 Å². The highest BCUT2D eigenvalue weighted by molar-refractivity contribution is 14.0. The Kier molecular flexibility index (Phi) is 11.2. The van der Waals surface area contributed by atoms with Crippen molar-refractivity contribution < 1.29 is 22.6 Å². The highest BCUT2D eigenvalue weighted by atomic mass is 127. The van der Waals surface area contributed by atoms with E-state index in [4.69, 9.17) is 9.47 Å². The first-order valence-corrected chi connectivity index (χ1v) is 10.1. The van der Waals surface area contributed by atoms with Gasteiger partial charge in [-0.3, -0.25) is 0 Å². The van der Waals surface area contributed by atoms with Crippen LogP contribution >= 0.6 is 35.3 Å². The molecule has 30 heavy (non-hydrogen) atoms. The number of hydrogen-bond donors (Lipinski definition) is 2. The number of nitrogens with one attached hydrogen (secondary N) is 2. The third-order valence-corrected chi connectivity index (χ3v) is 4.67. The average molecular weight is 558 g/mol. The lowest BCUT2D eigenvalue weighted by Crippen LogP contribution is -2.38. The minimum absolute atomic E-state index is 0. The van der Waals surface area contributed by atoms with Crippen LogP contribution in [0.1, 0.15) is 30.1 Å². The number of hydrogen-bond acceptors (Lipinski definition) is 5. The Balaban J connectivity index is 0.00000450. The molecule has 0 radical (unpaired) electrons. The predicted molar refractivity (Wildman–Crippen MR) is 123 cm³/mol. The highest BCUT2D eigenvalue weighted by Crippen LogP contribution is 2.30. The maximum absolute atomic E-state index is 12.6. The maximum atomic E-state index is 12.6. The highest BCUT2D eigenvalue weighted by Gasteiger charge is 2.33. The van der Waals surface area contributed by atoms with Gasteiger partial charge in [0.15, 0.2) is 23.2 Å². The summed E-state index contributed by atoms with van der Waals surface area (Å²) in [5, 5.41) is 7.69. The van der Waals surface area contributed by atoms with Crippen LogP contribution in [0.4, 0.5) is 13.2 Å². The van der Waals surface area contributed by atoms with Crippen molar-refractivity contribution in [1.82, 2.24) is 15.6 Å². The summed E-state index contributed by atoms with van der Waals surface area (Å²) in [6.07, 6.45) is -4.03. The first-order chi connectivity index (χ1) is 13.9. The SMILES string of the molecule is CCNC(=NCc1ccc(OCC)c(OC)c1)NCCc1nc(C(F)(F)F)cs1.I. The summed E-state index contributed by atoms with van der Waals surface area (Å²) >= 11 is 1.00. The summed E-state index contributed by atoms with van der Waals surface area (Å²) in [5.41, 5.74) is 0.0970. The number of methoxy groups -OCH3 is 1. The lowest BCUT2D eigenvalue weighted by molar-refractivity contribution is -0.140. The quantitative estimate of drug-likeness (QED) is 0.270. The van der Waals surface area contributed by atoms with Gasteiger partial charge in [-0.2, -0.15) is 13.2 Å². The number of aliphatic imine (C=N–C) groups is 1. The van der Waals surface area contributed by atoms with Crippen LogP contribution in [0.2, 0.25) is 0 Å². The van der Waals surface area contributed by atoms with Gasteiger partial charge in [-0.25, -0.2) is 9.98 Å². The van der Waals surface area contributed by atoms with Gasteiger partial charge in [-0.15, -0.1) is 35.3 Å². The van der Waals surface area contributed by atoms with Crippen molar-refractivity contribution in [1.29, 1.82) is 0 Å². The zero-order valence-corrected chi connectivity index (χ0v) is 20.2. The molecule has 0 saturated carbocycles. The number of aromatic nitrogens is 1. The summed E-state index contributed by atoms with van der Waals surface area (Å²) in [6.45, 7) is 5.88. The van der Waals surface area contributed by atoms with E-state index in [0.29, 0.717) is 55.1 Å². The third kappa shape index (κ3) is 8.17. The molecule has 168 valence electrons. The molecule has 2 rings (SSSR count). The first-order valence-electron chi connectivity index (χ1n) is 9.20. The van der Waals surface area contributed by atoms with Gasteiger partial charge in [0.25, 0.3) is 0 Å². The largest absolute Gasteiger partial charge is 0.493 e. The fourth-order valence-corrected chi connectivity index (χ4v) is 3.25. The van der Waals surface area contributed by atoms with E-state index < -0.39 is 11.9 Å². The van der Waals surface area contributed by atoms with Gasteiger partial charge < -0.3 is 20.1 Å². The molecule has 0 aliphatic rings. The predicted octanol–water partition coefficient (Wildman–Crippen LogP) is 4.49. The summed E-state index contributed by atoms with van der Waals surface area (Å²) in [6, 6.07) is 5.62. The van der Waals surface area contributed by atoms with Gasteiger partial charge in [-0.05, 0) is 31.5 Å². The van der Waals surface area contributed by atoms with Crippen molar-refractivity contribution in [3.63, 3.8) is 0 Å². The van der Waals surface area contributed by atoms with Crippen molar-refractivity contribution in [3.05, 3.63) is 39.8 Å². The minimum Gasteiger partial charge on any atom is -0.493 e. The van der Waals surface area contributed by atoms with Crippen LogP contribution in [-0.4, -0.2) is 37.7 Å². The number of guanidine groups is 1. The topological polar surface area (TPSA) is 67.8 Å². The second-order valence-corrected chi connectivity index (χ2v) is 6.86. The molecule has 0 fully saturated rings. The molecule has 0 atom stereocenters. The van der Waals surface area contributed by atoms with E-state index in [2.05, 4.69) is 20.6 Å². The molecule has 0 spiro atoms. The Morgan fingerprint density at radius 1 is 1.20 bits per heavy atom. The second kappa shape index (κ2) is 12.8. The van der Waals surface area contributed by atoms with E-state index in [1.165, 1.54) is 0 Å². The van der Waals surface area contributed by atoms with Crippen molar-refractivity contribution in [2.75, 3.05) is 26.8 Å². The smallest absolute Gasteiger partial charge is 0.434 e. The van der Waals surface area contributed by atoms with Crippen molar-refractivity contribution in [2.45, 2.75) is 33.0 Å². The third-order valence-electron chi connectivity index (χ3n) is 3.77. The van der Waals surface area contributed by atoms with Gasteiger partial charge >= 0.3 is 6.18 Å². The fourth-order valence-electron chi connectivity index (χ4n) is 2.44. The van der Waals surface area contributed by atoms with E-state index in [1.54, 1.807) is 7.11 Å². The number of thiazole rings is 1. The molecule has 1 aromatic heterocycles. The second-order valence-electron chi connectivity index (χ2n) is 5.91. The van der Waals surface area contributed by atoms with Crippen LogP contribution in [0.3, 0.4) is 0 Å². The van der Waals surface area contributed by atoms with Gasteiger partial charge in [0.2, 0.25) is 0 Å². The Morgan fingerprint density at radius 2 is 1.97 bits per heavy atom. The van der Waals surface area contributed by atoms with E-state index in [-0.39, 0.29) is 24.0 Å². The Bertz CT molecular complexity index is 815. The number of halogens is 4. The minimum atomic E-state index is -4.41. The zero-order valence-electron chi connectivity index (χ0n) is 17.0. The number of rotatable bonds is 9. The number of alkyl halides is 3. The lowest BCUT2D eigenvalue weighted by Gasteiger charge is -2.12. The molecule has 0 saturated heterocycles. The number of nitrogens with zero attached hydrogens (tertiary/aromatic N) is 2. The van der Waals surface area contributed by atoms with Gasteiger partial charge in [0, 0.05) is 24.9 Å². The van der Waals surface area contributed by atoms with Crippen LogP contribution in [0, 0.1) is 0 Å². The molecule has 1 aromatic carbocycles. The summed E-state index contributed by atoms with van der Waals surface area (Å²) < 4.78 is 48.7. The molecule has 0 amide bonds. The maximum Gasteiger partial charge on any atom is 0.434 e. The monoisotopic (exact) mass is 558 g/mol. The molecule has 0 bridgehead atoms. The molecule has 0 aliphatic heterocycles. The molecule has 6 nitrogen and oxygen atoms in total. The van der Waals surface area contributed by atoms with Crippen LogP contribution in [-0.2, 0) is 19.1 Å². The molecular weight excluding hydrogens is 532 g/mol. The fraction of sp³-hybridized carbons (Fsp3) is 0.474. The Hall–Kier alpha value is -1.76. The van der Waals surface area contributed by atoms with Crippen LogP contribution in [0.15, 0.2) is 28.6 Å². The Morgan fingerprint density at radius 3 is 2.57 bits per heavy atom. The standard InChI is InChI=1S/C19H25F3N4O2S.HI/c1-4-23-18(24-9-8-17-26-16(12-29-17)19(20,21)22)25-11-13-6-7-14(28-5-2)15(10-13)27-3;/h6-7,10,12H,4-5,8-9,11H2,1-3H3,(H2,23,24,25);1H. The van der Waals surface area contributed by atoms with Gasteiger partial charge in [-0.1, -0.05) is 6.07 Å². The lowest BCUT2D eigenvalue weighted by atomic mass is 10.2. The van der Waals surface area contributed by atoms with Crippen molar-refractivity contribution in [2.24, 2.45) is 4.99 Å². The van der Waals surface area contributed by atoms with Gasteiger partial charge in [0.1, 0.15) is 0 Å². The molecule has 1 heterocycles. The van der Waals surface area contributed by atoms with Crippen molar-refractivity contribution in [3.8, 4) is 11.5 Å². The average Bonchev–Trinajstić information content (AvgIpc) is 3.16. The molecule has 11 heteroatoms. The van der Waals surface area contributed by atoms with E-state index >= 15 is 0 Å². The number of benzene rings is 1. The van der Waals surface area contributed by atoms with Crippen LogP contribution in [0.5, 0.6) is 11.5 Å². The molecule has 0 aliphatic carbocycles. The molecule has 2 N–H and O–H groups in total. The number of ether oxygens (including phenoxy) is 2. The van der Waals surface area contributed by atoms with E-state index in [0.717, 1.165) is 22.3 Å². The van der Waals surface area contributed by atoms with Crippen LogP contribution in [0.25, 0.3) is 0 Å². The van der Waals surface area contributed by atoms with E-state index in [9.17, 15) is 13.2 Å². The molecular formula is C19H26F3IN4O2S. The molecule has 0 unspecified atom stereocenters. The Labute approximate surface area is 195 Å². The molecule has 2 aromatic rings. The van der Waals surface area contributed by atoms with E-state index in [1.807, 2.05) is 32.0 Å². The van der Waals surface area contributed by atoms with Crippen LogP contribution < -0.4 is 20.1 Å². The normalized spacial score (nSPS) is 11.6. The summed E-state index contributed by atoms with van der Waals surface area (Å²) in [7, 11) is 1.58. The first kappa shape index (κ1) is 26.3. The summed E-state index contributed by atoms with van der Waals surface area (Å²) in [5.74, 6) is 1.89.